The number of allylic oxidation sites excluding steroid dienone is 3. The molecule has 148 valence electrons. The second-order valence-electron chi connectivity index (χ2n) is 7.05. The lowest BCUT2D eigenvalue weighted by molar-refractivity contribution is 0.0696. The number of carboxylic acids is 1. The Morgan fingerprint density at radius 3 is 2.07 bits per heavy atom. The van der Waals surface area contributed by atoms with E-state index in [1.165, 1.54) is 12.1 Å². The summed E-state index contributed by atoms with van der Waals surface area (Å²) < 4.78 is 0. The molecule has 1 aromatic rings. The van der Waals surface area contributed by atoms with Gasteiger partial charge in [0.05, 0.1) is 18.3 Å². The van der Waals surface area contributed by atoms with E-state index in [4.69, 9.17) is 5.11 Å². The average molecular weight is 374 g/mol. The van der Waals surface area contributed by atoms with Crippen LogP contribution in [0.2, 0.25) is 0 Å². The van der Waals surface area contributed by atoms with Gasteiger partial charge in [-0.05, 0) is 75.8 Å². The molecule has 1 aromatic carbocycles. The first-order valence-corrected chi connectivity index (χ1v) is 8.98. The molecule has 0 spiro atoms. The van der Waals surface area contributed by atoms with E-state index in [0.717, 1.165) is 16.7 Å². The Kier molecular flexibility index (Phi) is 8.98. The molecule has 1 atom stereocenters. The number of rotatable bonds is 9. The summed E-state index contributed by atoms with van der Waals surface area (Å²) in [5, 5.41) is 39.1. The Morgan fingerprint density at radius 1 is 1.04 bits per heavy atom. The van der Waals surface area contributed by atoms with Gasteiger partial charge < -0.3 is 20.4 Å². The van der Waals surface area contributed by atoms with Gasteiger partial charge in [0, 0.05) is 0 Å². The second kappa shape index (κ2) is 10.7. The van der Waals surface area contributed by atoms with Crippen molar-refractivity contribution in [1.29, 1.82) is 0 Å². The van der Waals surface area contributed by atoms with Crippen LogP contribution in [0, 0.1) is 0 Å². The number of phenols is 1. The third kappa shape index (κ3) is 7.41. The summed E-state index contributed by atoms with van der Waals surface area (Å²) >= 11 is 0. The van der Waals surface area contributed by atoms with E-state index in [-0.39, 0.29) is 17.9 Å². The third-order valence-electron chi connectivity index (χ3n) is 4.35. The van der Waals surface area contributed by atoms with Gasteiger partial charge in [0.2, 0.25) is 0 Å². The molecule has 0 saturated carbocycles. The number of hydrogen-bond acceptors (Lipinski definition) is 4. The number of aromatic carboxylic acids is 1. The number of carbonyl (C=O) groups is 1. The third-order valence-corrected chi connectivity index (χ3v) is 4.35. The van der Waals surface area contributed by atoms with Crippen LogP contribution in [0.5, 0.6) is 5.75 Å². The van der Waals surface area contributed by atoms with Crippen molar-refractivity contribution in [1.82, 2.24) is 0 Å². The van der Waals surface area contributed by atoms with Gasteiger partial charge in [0.25, 0.3) is 0 Å². The zero-order valence-corrected chi connectivity index (χ0v) is 16.5. The molecule has 1 rings (SSSR count). The molecule has 0 heterocycles. The summed E-state index contributed by atoms with van der Waals surface area (Å²) in [4.78, 5) is 11.4. The van der Waals surface area contributed by atoms with Gasteiger partial charge in [-0.3, -0.25) is 0 Å². The molecule has 0 saturated heterocycles. The molecule has 4 N–H and O–H groups in total. The Bertz CT molecular complexity index is 752. The monoisotopic (exact) mass is 374 g/mol. The van der Waals surface area contributed by atoms with Crippen LogP contribution in [0.25, 0.3) is 0 Å². The first-order valence-electron chi connectivity index (χ1n) is 8.98. The van der Waals surface area contributed by atoms with Crippen LogP contribution in [0.4, 0.5) is 0 Å². The highest BCUT2D eigenvalue weighted by Crippen LogP contribution is 2.27. The molecule has 0 amide bonds. The van der Waals surface area contributed by atoms with Gasteiger partial charge in [0.1, 0.15) is 5.75 Å². The second-order valence-corrected chi connectivity index (χ2v) is 7.05. The topological polar surface area (TPSA) is 98.0 Å². The van der Waals surface area contributed by atoms with Crippen LogP contribution in [0.3, 0.4) is 0 Å². The van der Waals surface area contributed by atoms with E-state index in [1.54, 1.807) is 13.0 Å². The molecular weight excluding hydrogens is 344 g/mol. The first-order chi connectivity index (χ1) is 12.6. The lowest BCUT2D eigenvalue weighted by Gasteiger charge is -2.12. The molecule has 0 radical (unpaired) electrons. The summed E-state index contributed by atoms with van der Waals surface area (Å²) in [5.74, 6) is -1.02. The van der Waals surface area contributed by atoms with Crippen molar-refractivity contribution in [2.24, 2.45) is 0 Å². The number of aliphatic hydroxyl groups is 2. The van der Waals surface area contributed by atoms with Gasteiger partial charge in [0.15, 0.2) is 0 Å². The predicted molar refractivity (Wildman–Crippen MR) is 107 cm³/mol. The molecule has 0 fully saturated rings. The van der Waals surface area contributed by atoms with E-state index < -0.39 is 12.1 Å². The Hall–Kier alpha value is -2.37. The van der Waals surface area contributed by atoms with Crippen LogP contribution in [0.1, 0.15) is 55.6 Å². The quantitative estimate of drug-likeness (QED) is 0.493. The van der Waals surface area contributed by atoms with Gasteiger partial charge >= 0.3 is 5.97 Å². The number of phenolic OH excluding ortho intramolecular Hbond substituents is 1. The first kappa shape index (κ1) is 22.7. The summed E-state index contributed by atoms with van der Waals surface area (Å²) in [6.45, 7) is 7.43. The van der Waals surface area contributed by atoms with Crippen molar-refractivity contribution < 1.29 is 25.2 Å². The Balaban J connectivity index is 3.11. The van der Waals surface area contributed by atoms with Crippen LogP contribution in [-0.4, -0.2) is 39.1 Å². The van der Waals surface area contributed by atoms with E-state index in [1.807, 2.05) is 32.9 Å². The maximum absolute atomic E-state index is 11.4. The number of hydrogen-bond donors (Lipinski definition) is 4. The van der Waals surface area contributed by atoms with E-state index in [0.29, 0.717) is 30.4 Å². The average Bonchev–Trinajstić information content (AvgIpc) is 2.63. The molecule has 0 aliphatic rings. The summed E-state index contributed by atoms with van der Waals surface area (Å²) in [7, 11) is 0. The molecule has 5 heteroatoms. The lowest BCUT2D eigenvalue weighted by Crippen LogP contribution is -2.07. The maximum Gasteiger partial charge on any atom is 0.335 e. The van der Waals surface area contributed by atoms with Crippen molar-refractivity contribution in [2.45, 2.75) is 53.1 Å². The number of carboxylic acid groups (broad SMARTS) is 1. The Morgan fingerprint density at radius 2 is 1.59 bits per heavy atom. The standard InChI is InChI=1S/C22H30O5/c1-14(2)5-10-20(24)16(4)7-9-18-12-19(22(26)27)11-17(21(18)25)8-6-15(3)13-23/h5-7,11-12,20,23-25H,8-10,13H2,1-4H3,(H,26,27)/t20-/m1/s1. The lowest BCUT2D eigenvalue weighted by atomic mass is 9.97. The minimum absolute atomic E-state index is 0.0461. The van der Waals surface area contributed by atoms with Crippen molar-refractivity contribution in [3.05, 3.63) is 63.8 Å². The van der Waals surface area contributed by atoms with Crippen molar-refractivity contribution >= 4 is 5.97 Å². The van der Waals surface area contributed by atoms with Gasteiger partial charge in [-0.15, -0.1) is 0 Å². The smallest absolute Gasteiger partial charge is 0.335 e. The van der Waals surface area contributed by atoms with Gasteiger partial charge in [-0.2, -0.15) is 0 Å². The number of aromatic hydroxyl groups is 1. The molecule has 0 bridgehead atoms. The highest BCUT2D eigenvalue weighted by Gasteiger charge is 2.13. The predicted octanol–water partition coefficient (Wildman–Crippen LogP) is 3.78. The van der Waals surface area contributed by atoms with Crippen LogP contribution in [-0.2, 0) is 12.8 Å². The van der Waals surface area contributed by atoms with Crippen LogP contribution in [0.15, 0.2) is 47.1 Å². The van der Waals surface area contributed by atoms with E-state index in [2.05, 4.69) is 0 Å². The summed E-state index contributed by atoms with van der Waals surface area (Å²) in [5.41, 5.74) is 3.73. The molecular formula is C22H30O5. The van der Waals surface area contributed by atoms with Crippen molar-refractivity contribution in [3.63, 3.8) is 0 Å². The minimum atomic E-state index is -1.07. The molecule has 27 heavy (non-hydrogen) atoms. The van der Waals surface area contributed by atoms with Crippen LogP contribution < -0.4 is 0 Å². The summed E-state index contributed by atoms with van der Waals surface area (Å²) in [6, 6.07) is 2.90. The fraction of sp³-hybridized carbons (Fsp3) is 0.409. The molecule has 0 aliphatic carbocycles. The molecule has 0 unspecified atom stereocenters. The fourth-order valence-corrected chi connectivity index (χ4v) is 2.48. The fourth-order valence-electron chi connectivity index (χ4n) is 2.48. The molecule has 5 nitrogen and oxygen atoms in total. The normalized spacial score (nSPS) is 13.4. The van der Waals surface area contributed by atoms with Gasteiger partial charge in [-0.1, -0.05) is 29.4 Å². The molecule has 0 aromatic heterocycles. The minimum Gasteiger partial charge on any atom is -0.507 e. The van der Waals surface area contributed by atoms with Crippen LogP contribution >= 0.6 is 0 Å². The molecule has 0 aliphatic heterocycles. The van der Waals surface area contributed by atoms with E-state index in [9.17, 15) is 20.1 Å². The SMILES string of the molecule is CC(C)=CC[C@@H](O)C(C)=CCc1cc(C(=O)O)cc(CC=C(C)CO)c1O. The largest absolute Gasteiger partial charge is 0.507 e. The van der Waals surface area contributed by atoms with E-state index >= 15 is 0 Å². The maximum atomic E-state index is 11.4. The zero-order chi connectivity index (χ0) is 20.6. The highest BCUT2D eigenvalue weighted by atomic mass is 16.4. The summed E-state index contributed by atoms with van der Waals surface area (Å²) in [6.07, 6.45) is 6.08. The zero-order valence-electron chi connectivity index (χ0n) is 16.5. The highest BCUT2D eigenvalue weighted by molar-refractivity contribution is 5.88. The van der Waals surface area contributed by atoms with Crippen molar-refractivity contribution in [3.8, 4) is 5.75 Å². The Labute approximate surface area is 161 Å². The number of benzene rings is 1. The van der Waals surface area contributed by atoms with Gasteiger partial charge in [-0.25, -0.2) is 4.79 Å². The number of aliphatic hydroxyl groups excluding tert-OH is 2. The van der Waals surface area contributed by atoms with Crippen molar-refractivity contribution in [2.75, 3.05) is 6.61 Å².